The Hall–Kier alpha value is -1.84. The van der Waals surface area contributed by atoms with Crippen LogP contribution in [0.1, 0.15) is 26.3 Å². The van der Waals surface area contributed by atoms with Crippen molar-refractivity contribution in [2.24, 2.45) is 0 Å². The Labute approximate surface area is 125 Å². The number of anilines is 1. The summed E-state index contributed by atoms with van der Waals surface area (Å²) in [5.41, 5.74) is -0.304. The molecule has 0 radical (unpaired) electrons. The molecule has 2 aromatic rings. The molecule has 0 bridgehead atoms. The summed E-state index contributed by atoms with van der Waals surface area (Å²) < 4.78 is 5.95. The van der Waals surface area contributed by atoms with Crippen molar-refractivity contribution in [1.82, 2.24) is 4.98 Å². The first kappa shape index (κ1) is 14.6. The maximum absolute atomic E-state index is 11.8. The number of nitrogens with one attached hydrogen (secondary N) is 1. The number of aromatic nitrogens is 1. The number of fused-ring (bicyclic) bond motifs is 1. The fourth-order valence-electron chi connectivity index (χ4n) is 1.60. The first-order valence-corrected chi connectivity index (χ1v) is 6.98. The number of thiophene rings is 1. The van der Waals surface area contributed by atoms with Crippen molar-refractivity contribution in [2.75, 3.05) is 5.32 Å². The van der Waals surface area contributed by atoms with Crippen LogP contribution in [0.2, 0.25) is 5.15 Å². The minimum atomic E-state index is -0.607. The van der Waals surface area contributed by atoms with Crippen LogP contribution >= 0.6 is 22.9 Å². The van der Waals surface area contributed by atoms with Gasteiger partial charge in [-0.3, -0.25) is 5.32 Å². The number of carbonyl (C=O) groups is 1. The molecule has 0 saturated carbocycles. The Bertz CT molecular complexity index is 713. The fourth-order valence-corrected chi connectivity index (χ4v) is 2.94. The van der Waals surface area contributed by atoms with Gasteiger partial charge < -0.3 is 4.74 Å². The molecule has 0 saturated heterocycles. The molecule has 0 fully saturated rings. The Morgan fingerprint density at radius 1 is 1.55 bits per heavy atom. The average Bonchev–Trinajstić information content (AvgIpc) is 2.64. The largest absolute Gasteiger partial charge is 0.444 e. The molecule has 5 nitrogen and oxygen atoms in total. The normalized spacial score (nSPS) is 11.2. The SMILES string of the molecule is CC(C)(C)OC(=O)Nc1sc2ccnc(Cl)c2c1C#N. The van der Waals surface area contributed by atoms with Gasteiger partial charge in [0, 0.05) is 16.3 Å². The Kier molecular flexibility index (Phi) is 3.84. The zero-order chi connectivity index (χ0) is 14.9. The van der Waals surface area contributed by atoms with Crippen molar-refractivity contribution in [2.45, 2.75) is 26.4 Å². The van der Waals surface area contributed by atoms with Gasteiger partial charge in [0.15, 0.2) is 0 Å². The van der Waals surface area contributed by atoms with Crippen LogP contribution in [0.25, 0.3) is 10.1 Å². The number of rotatable bonds is 1. The summed E-state index contributed by atoms with van der Waals surface area (Å²) in [7, 11) is 0. The molecule has 0 atom stereocenters. The summed E-state index contributed by atoms with van der Waals surface area (Å²) in [5.74, 6) is 0. The maximum Gasteiger partial charge on any atom is 0.412 e. The molecule has 0 aliphatic rings. The highest BCUT2D eigenvalue weighted by Crippen LogP contribution is 2.38. The lowest BCUT2D eigenvalue weighted by molar-refractivity contribution is 0.0636. The Balaban J connectivity index is 2.39. The Morgan fingerprint density at radius 2 is 2.25 bits per heavy atom. The van der Waals surface area contributed by atoms with Gasteiger partial charge in [-0.25, -0.2) is 9.78 Å². The van der Waals surface area contributed by atoms with Crippen LogP contribution in [0.4, 0.5) is 9.80 Å². The number of halogens is 1. The van der Waals surface area contributed by atoms with Gasteiger partial charge in [-0.15, -0.1) is 11.3 Å². The third kappa shape index (κ3) is 3.00. The van der Waals surface area contributed by atoms with E-state index >= 15 is 0 Å². The quantitative estimate of drug-likeness (QED) is 0.802. The van der Waals surface area contributed by atoms with E-state index in [1.54, 1.807) is 33.0 Å². The van der Waals surface area contributed by atoms with Gasteiger partial charge >= 0.3 is 6.09 Å². The number of hydrogen-bond donors (Lipinski definition) is 1. The lowest BCUT2D eigenvalue weighted by Crippen LogP contribution is -2.27. The lowest BCUT2D eigenvalue weighted by atomic mass is 10.2. The van der Waals surface area contributed by atoms with Crippen molar-refractivity contribution in [3.05, 3.63) is 23.0 Å². The average molecular weight is 310 g/mol. The van der Waals surface area contributed by atoms with Crippen LogP contribution in [-0.4, -0.2) is 16.7 Å². The van der Waals surface area contributed by atoms with Crippen LogP contribution in [0.5, 0.6) is 0 Å². The van der Waals surface area contributed by atoms with Gasteiger partial charge in [0.25, 0.3) is 0 Å². The van der Waals surface area contributed by atoms with E-state index < -0.39 is 11.7 Å². The predicted octanol–water partition coefficient (Wildman–Crippen LogP) is 4.17. The standard InChI is InChI=1S/C13H12ClN3O2S/c1-13(2,3)19-12(18)17-11-7(6-15)9-8(20-11)4-5-16-10(9)14/h4-5H,1-3H3,(H,17,18). The zero-order valence-corrected chi connectivity index (χ0v) is 12.7. The molecule has 0 unspecified atom stereocenters. The van der Waals surface area contributed by atoms with Crippen molar-refractivity contribution in [1.29, 1.82) is 5.26 Å². The highest BCUT2D eigenvalue weighted by atomic mass is 35.5. The number of pyridine rings is 1. The van der Waals surface area contributed by atoms with Crippen LogP contribution in [0, 0.1) is 11.3 Å². The van der Waals surface area contributed by atoms with E-state index in [1.165, 1.54) is 11.3 Å². The molecule has 2 heterocycles. The highest BCUT2D eigenvalue weighted by Gasteiger charge is 2.20. The number of carbonyl (C=O) groups excluding carboxylic acids is 1. The predicted molar refractivity (Wildman–Crippen MR) is 79.2 cm³/mol. The molecular formula is C13H12ClN3O2S. The molecule has 0 aliphatic carbocycles. The molecule has 0 aromatic carbocycles. The summed E-state index contributed by atoms with van der Waals surface area (Å²) in [4.78, 5) is 15.7. The van der Waals surface area contributed by atoms with E-state index in [0.717, 1.165) is 4.70 Å². The fraction of sp³-hybridized carbons (Fsp3) is 0.308. The second-order valence-electron chi connectivity index (χ2n) is 5.02. The van der Waals surface area contributed by atoms with Crippen LogP contribution in [0.3, 0.4) is 0 Å². The van der Waals surface area contributed by atoms with Crippen molar-refractivity contribution < 1.29 is 9.53 Å². The number of hydrogen-bond acceptors (Lipinski definition) is 5. The van der Waals surface area contributed by atoms with Gasteiger partial charge in [-0.2, -0.15) is 5.26 Å². The summed E-state index contributed by atoms with van der Waals surface area (Å²) in [5, 5.41) is 13.0. The lowest BCUT2D eigenvalue weighted by Gasteiger charge is -2.19. The summed E-state index contributed by atoms with van der Waals surface area (Å²) in [6, 6.07) is 3.79. The zero-order valence-electron chi connectivity index (χ0n) is 11.2. The summed E-state index contributed by atoms with van der Waals surface area (Å²) in [6.07, 6.45) is 0.948. The van der Waals surface area contributed by atoms with Gasteiger partial charge in [0.05, 0.1) is 5.56 Å². The van der Waals surface area contributed by atoms with E-state index in [1.807, 2.05) is 6.07 Å². The molecule has 104 valence electrons. The highest BCUT2D eigenvalue weighted by molar-refractivity contribution is 7.23. The van der Waals surface area contributed by atoms with Gasteiger partial charge in [0.2, 0.25) is 0 Å². The van der Waals surface area contributed by atoms with Crippen molar-refractivity contribution in [3.8, 4) is 6.07 Å². The third-order valence-electron chi connectivity index (χ3n) is 2.28. The van der Waals surface area contributed by atoms with E-state index in [0.29, 0.717) is 16.0 Å². The first-order chi connectivity index (χ1) is 9.31. The molecule has 7 heteroatoms. The first-order valence-electron chi connectivity index (χ1n) is 5.79. The number of ether oxygens (including phenoxy) is 1. The Morgan fingerprint density at radius 3 is 2.85 bits per heavy atom. The van der Waals surface area contributed by atoms with Crippen molar-refractivity contribution in [3.63, 3.8) is 0 Å². The summed E-state index contributed by atoms with van der Waals surface area (Å²) in [6.45, 7) is 5.30. The van der Waals surface area contributed by atoms with Gasteiger partial charge in [0.1, 0.15) is 21.8 Å². The smallest absolute Gasteiger partial charge is 0.412 e. The minimum Gasteiger partial charge on any atom is -0.444 e. The number of nitrogens with zero attached hydrogens (tertiary/aromatic N) is 2. The molecule has 0 spiro atoms. The van der Waals surface area contributed by atoms with Crippen LogP contribution in [0.15, 0.2) is 12.3 Å². The second-order valence-corrected chi connectivity index (χ2v) is 6.43. The van der Waals surface area contributed by atoms with E-state index in [4.69, 9.17) is 16.3 Å². The molecule has 1 amide bonds. The molecule has 0 aliphatic heterocycles. The maximum atomic E-state index is 11.8. The van der Waals surface area contributed by atoms with Crippen LogP contribution < -0.4 is 5.32 Å². The second kappa shape index (κ2) is 5.27. The minimum absolute atomic E-state index is 0.243. The number of amides is 1. The van der Waals surface area contributed by atoms with Gasteiger partial charge in [-0.05, 0) is 26.8 Å². The molecule has 2 aromatic heterocycles. The topological polar surface area (TPSA) is 75.0 Å². The van der Waals surface area contributed by atoms with Crippen molar-refractivity contribution >= 4 is 44.1 Å². The monoisotopic (exact) mass is 309 g/mol. The molecule has 1 N–H and O–H groups in total. The molecule has 20 heavy (non-hydrogen) atoms. The molecular weight excluding hydrogens is 298 g/mol. The third-order valence-corrected chi connectivity index (χ3v) is 3.64. The molecule has 2 rings (SSSR count). The number of nitriles is 1. The van der Waals surface area contributed by atoms with E-state index in [-0.39, 0.29) is 5.15 Å². The van der Waals surface area contributed by atoms with Crippen LogP contribution in [-0.2, 0) is 4.74 Å². The van der Waals surface area contributed by atoms with E-state index in [2.05, 4.69) is 10.3 Å². The van der Waals surface area contributed by atoms with Gasteiger partial charge in [-0.1, -0.05) is 11.6 Å². The van der Waals surface area contributed by atoms with E-state index in [9.17, 15) is 10.1 Å². The summed E-state index contributed by atoms with van der Waals surface area (Å²) >= 11 is 7.26.